The van der Waals surface area contributed by atoms with Crippen molar-refractivity contribution in [2.75, 3.05) is 12.8 Å². The Morgan fingerprint density at radius 3 is 2.70 bits per heavy atom. The number of anilines is 1. The molecule has 0 aliphatic heterocycles. The van der Waals surface area contributed by atoms with E-state index in [1.54, 1.807) is 12.1 Å². The van der Waals surface area contributed by atoms with Crippen LogP contribution in [0, 0.1) is 5.82 Å². The Morgan fingerprint density at radius 1 is 1.25 bits per heavy atom. The molecule has 0 bridgehead atoms. The summed E-state index contributed by atoms with van der Waals surface area (Å²) in [6.07, 6.45) is 0. The Morgan fingerprint density at radius 2 is 2.00 bits per heavy atom. The highest BCUT2D eigenvalue weighted by molar-refractivity contribution is 9.10. The minimum Gasteiger partial charge on any atom is -0.465 e. The van der Waals surface area contributed by atoms with E-state index in [-0.39, 0.29) is 22.7 Å². The van der Waals surface area contributed by atoms with Crippen LogP contribution in [0.4, 0.5) is 10.1 Å². The number of para-hydroxylation sites is 1. The van der Waals surface area contributed by atoms with Crippen molar-refractivity contribution in [1.82, 2.24) is 0 Å². The number of methoxy groups -OCH3 is 1. The molecule has 0 fully saturated rings. The Labute approximate surface area is 123 Å². The van der Waals surface area contributed by atoms with Crippen LogP contribution in [0.1, 0.15) is 10.4 Å². The number of nitrogens with two attached hydrogens (primary N) is 1. The molecule has 0 aliphatic carbocycles. The van der Waals surface area contributed by atoms with Crippen LogP contribution in [-0.4, -0.2) is 13.1 Å². The average molecular weight is 340 g/mol. The lowest BCUT2D eigenvalue weighted by atomic mass is 10.1. The van der Waals surface area contributed by atoms with Gasteiger partial charge in [0.1, 0.15) is 11.6 Å². The fourth-order valence-electron chi connectivity index (χ4n) is 1.59. The number of hydrogen-bond acceptors (Lipinski definition) is 4. The highest BCUT2D eigenvalue weighted by Gasteiger charge is 2.15. The molecule has 2 aromatic rings. The first kappa shape index (κ1) is 14.3. The third-order valence-corrected chi connectivity index (χ3v) is 3.24. The quantitative estimate of drug-likeness (QED) is 0.683. The van der Waals surface area contributed by atoms with Crippen LogP contribution in [0.15, 0.2) is 40.9 Å². The lowest BCUT2D eigenvalue weighted by Gasteiger charge is -2.12. The number of esters is 1. The van der Waals surface area contributed by atoms with E-state index in [1.165, 1.54) is 31.4 Å². The standard InChI is InChI=1S/C14H11BrFNO3/c1-19-14(18)9-3-2-4-11(13(9)17)20-12-7-8(16)5-6-10(12)15/h2-7H,17H2,1H3. The van der Waals surface area contributed by atoms with Gasteiger partial charge in [-0.15, -0.1) is 0 Å². The number of rotatable bonds is 3. The molecule has 20 heavy (non-hydrogen) atoms. The summed E-state index contributed by atoms with van der Waals surface area (Å²) < 4.78 is 23.9. The predicted octanol–water partition coefficient (Wildman–Crippen LogP) is 3.75. The van der Waals surface area contributed by atoms with Gasteiger partial charge in [-0.25, -0.2) is 9.18 Å². The van der Waals surface area contributed by atoms with Crippen LogP contribution in [0.25, 0.3) is 0 Å². The van der Waals surface area contributed by atoms with Crippen LogP contribution in [-0.2, 0) is 4.74 Å². The van der Waals surface area contributed by atoms with Crippen molar-refractivity contribution in [3.8, 4) is 11.5 Å². The molecule has 0 heterocycles. The first-order chi connectivity index (χ1) is 9.52. The zero-order chi connectivity index (χ0) is 14.7. The van der Waals surface area contributed by atoms with Gasteiger partial charge in [0.15, 0.2) is 5.75 Å². The second kappa shape index (κ2) is 5.92. The summed E-state index contributed by atoms with van der Waals surface area (Å²) in [6, 6.07) is 8.74. The summed E-state index contributed by atoms with van der Waals surface area (Å²) in [7, 11) is 1.26. The van der Waals surface area contributed by atoms with Gasteiger partial charge in [-0.2, -0.15) is 0 Å². The van der Waals surface area contributed by atoms with E-state index < -0.39 is 11.8 Å². The van der Waals surface area contributed by atoms with E-state index in [4.69, 9.17) is 10.5 Å². The van der Waals surface area contributed by atoms with E-state index in [0.29, 0.717) is 4.47 Å². The minimum atomic E-state index is -0.564. The highest BCUT2D eigenvalue weighted by atomic mass is 79.9. The van der Waals surface area contributed by atoms with Crippen LogP contribution < -0.4 is 10.5 Å². The monoisotopic (exact) mass is 339 g/mol. The number of benzene rings is 2. The van der Waals surface area contributed by atoms with E-state index in [2.05, 4.69) is 20.7 Å². The van der Waals surface area contributed by atoms with Gasteiger partial charge in [-0.3, -0.25) is 0 Å². The fraction of sp³-hybridized carbons (Fsp3) is 0.0714. The molecule has 0 saturated carbocycles. The molecule has 4 nitrogen and oxygen atoms in total. The number of ether oxygens (including phenoxy) is 2. The predicted molar refractivity (Wildman–Crippen MR) is 76.4 cm³/mol. The maximum absolute atomic E-state index is 13.2. The van der Waals surface area contributed by atoms with Crippen molar-refractivity contribution in [3.05, 3.63) is 52.3 Å². The lowest BCUT2D eigenvalue weighted by molar-refractivity contribution is 0.0601. The van der Waals surface area contributed by atoms with Gasteiger partial charge in [0, 0.05) is 6.07 Å². The molecule has 2 N–H and O–H groups in total. The smallest absolute Gasteiger partial charge is 0.340 e. The van der Waals surface area contributed by atoms with Gasteiger partial charge in [0.05, 0.1) is 22.8 Å². The molecule has 0 radical (unpaired) electrons. The molecule has 2 aromatic carbocycles. The molecule has 0 saturated heterocycles. The summed E-state index contributed by atoms with van der Waals surface area (Å²) in [5, 5.41) is 0. The molecule has 0 unspecified atom stereocenters. The van der Waals surface area contributed by atoms with Crippen molar-refractivity contribution < 1.29 is 18.7 Å². The van der Waals surface area contributed by atoms with Gasteiger partial charge in [-0.05, 0) is 40.2 Å². The molecule has 6 heteroatoms. The van der Waals surface area contributed by atoms with Gasteiger partial charge in [0.2, 0.25) is 0 Å². The van der Waals surface area contributed by atoms with Crippen LogP contribution in [0.5, 0.6) is 11.5 Å². The minimum absolute atomic E-state index is 0.135. The van der Waals surface area contributed by atoms with Gasteiger partial charge < -0.3 is 15.2 Å². The van der Waals surface area contributed by atoms with Crippen molar-refractivity contribution in [2.45, 2.75) is 0 Å². The molecule has 0 atom stereocenters. The normalized spacial score (nSPS) is 10.2. The molecular formula is C14H11BrFNO3. The Kier molecular flexibility index (Phi) is 4.24. The van der Waals surface area contributed by atoms with Gasteiger partial charge in [0.25, 0.3) is 0 Å². The van der Waals surface area contributed by atoms with E-state index in [1.807, 2.05) is 0 Å². The molecule has 0 aliphatic rings. The number of nitrogen functional groups attached to an aromatic ring is 1. The molecular weight excluding hydrogens is 329 g/mol. The topological polar surface area (TPSA) is 61.5 Å². The lowest BCUT2D eigenvalue weighted by Crippen LogP contribution is -2.06. The Bertz CT molecular complexity index is 661. The maximum Gasteiger partial charge on any atom is 0.340 e. The number of halogens is 2. The molecule has 0 amide bonds. The summed E-state index contributed by atoms with van der Waals surface area (Å²) in [5.41, 5.74) is 6.19. The number of carbonyl (C=O) groups excluding carboxylic acids is 1. The Balaban J connectivity index is 2.39. The number of hydrogen-bond donors (Lipinski definition) is 1. The first-order valence-electron chi connectivity index (χ1n) is 5.62. The summed E-state index contributed by atoms with van der Waals surface area (Å²) in [4.78, 5) is 11.5. The second-order valence-corrected chi connectivity index (χ2v) is 4.74. The fourth-order valence-corrected chi connectivity index (χ4v) is 1.92. The second-order valence-electron chi connectivity index (χ2n) is 3.89. The SMILES string of the molecule is COC(=O)c1cccc(Oc2cc(F)ccc2Br)c1N. The Hall–Kier alpha value is -2.08. The zero-order valence-corrected chi connectivity index (χ0v) is 12.1. The summed E-state index contributed by atoms with van der Waals surface area (Å²) in [6.45, 7) is 0. The summed E-state index contributed by atoms with van der Waals surface area (Å²) >= 11 is 3.25. The van der Waals surface area contributed by atoms with E-state index in [0.717, 1.165) is 0 Å². The largest absolute Gasteiger partial charge is 0.465 e. The molecule has 2 rings (SSSR count). The third-order valence-electron chi connectivity index (χ3n) is 2.58. The average Bonchev–Trinajstić information content (AvgIpc) is 2.44. The van der Waals surface area contributed by atoms with Crippen molar-refractivity contribution >= 4 is 27.6 Å². The molecule has 0 aromatic heterocycles. The number of carbonyl (C=O) groups is 1. The van der Waals surface area contributed by atoms with Crippen molar-refractivity contribution in [3.63, 3.8) is 0 Å². The van der Waals surface area contributed by atoms with Crippen LogP contribution in [0.3, 0.4) is 0 Å². The van der Waals surface area contributed by atoms with Crippen molar-refractivity contribution in [1.29, 1.82) is 0 Å². The van der Waals surface area contributed by atoms with Gasteiger partial charge >= 0.3 is 5.97 Å². The van der Waals surface area contributed by atoms with Crippen molar-refractivity contribution in [2.24, 2.45) is 0 Å². The third kappa shape index (κ3) is 2.91. The molecule has 0 spiro atoms. The molecule has 104 valence electrons. The highest BCUT2D eigenvalue weighted by Crippen LogP contribution is 2.34. The summed E-state index contributed by atoms with van der Waals surface area (Å²) in [5.74, 6) is -0.491. The first-order valence-corrected chi connectivity index (χ1v) is 6.42. The maximum atomic E-state index is 13.2. The van der Waals surface area contributed by atoms with E-state index >= 15 is 0 Å². The van der Waals surface area contributed by atoms with Crippen LogP contribution >= 0.6 is 15.9 Å². The van der Waals surface area contributed by atoms with E-state index in [9.17, 15) is 9.18 Å². The zero-order valence-electron chi connectivity index (χ0n) is 10.5. The van der Waals surface area contributed by atoms with Gasteiger partial charge in [-0.1, -0.05) is 6.07 Å². The van der Waals surface area contributed by atoms with Crippen LogP contribution in [0.2, 0.25) is 0 Å².